The van der Waals surface area contributed by atoms with E-state index in [9.17, 15) is 22.0 Å². The lowest BCUT2D eigenvalue weighted by Gasteiger charge is -2.29. The molecule has 0 spiro atoms. The zero-order valence-electron chi connectivity index (χ0n) is 15.1. The Morgan fingerprint density at radius 2 is 1.75 bits per heavy atom. The molecule has 1 aliphatic rings. The molecule has 10 heteroatoms. The number of rotatable bonds is 5. The first kappa shape index (κ1) is 19.9. The minimum Gasteiger partial charge on any atom is -0.486 e. The van der Waals surface area contributed by atoms with E-state index in [-0.39, 0.29) is 11.4 Å². The van der Waals surface area contributed by atoms with Crippen LogP contribution in [0.1, 0.15) is 6.92 Å². The monoisotopic (exact) mass is 412 g/mol. The third-order valence-electron chi connectivity index (χ3n) is 4.06. The van der Waals surface area contributed by atoms with Gasteiger partial charge in [0, 0.05) is 17.8 Å². The van der Waals surface area contributed by atoms with Crippen molar-refractivity contribution >= 4 is 27.3 Å². The number of carbonyl (C=O) groups is 1. The molecule has 0 radical (unpaired) electrons. The summed E-state index contributed by atoms with van der Waals surface area (Å²) in [5.41, 5.74) is 0.214. The molecule has 1 atom stereocenters. The lowest BCUT2D eigenvalue weighted by Crippen LogP contribution is -2.45. The van der Waals surface area contributed by atoms with Crippen molar-refractivity contribution < 1.29 is 31.5 Å². The van der Waals surface area contributed by atoms with E-state index in [0.717, 1.165) is 22.7 Å². The number of hydrogen-bond acceptors (Lipinski definition) is 5. The average Bonchev–Trinajstić information content (AvgIpc) is 2.63. The summed E-state index contributed by atoms with van der Waals surface area (Å²) < 4.78 is 62.9. The van der Waals surface area contributed by atoms with E-state index in [1.165, 1.54) is 25.1 Å². The smallest absolute Gasteiger partial charge is 0.247 e. The van der Waals surface area contributed by atoms with Crippen LogP contribution in [0.25, 0.3) is 0 Å². The summed E-state index contributed by atoms with van der Waals surface area (Å²) in [7, 11) is -3.85. The summed E-state index contributed by atoms with van der Waals surface area (Å²) in [6.07, 6.45) is 0.963. The number of halogens is 2. The quantitative estimate of drug-likeness (QED) is 0.816. The van der Waals surface area contributed by atoms with Crippen molar-refractivity contribution in [3.8, 4) is 11.5 Å². The Morgan fingerprint density at radius 3 is 2.39 bits per heavy atom. The van der Waals surface area contributed by atoms with Crippen LogP contribution in [0.2, 0.25) is 0 Å². The molecule has 0 bridgehead atoms. The summed E-state index contributed by atoms with van der Waals surface area (Å²) >= 11 is 0. The van der Waals surface area contributed by atoms with E-state index in [0.29, 0.717) is 24.7 Å². The maximum Gasteiger partial charge on any atom is 0.247 e. The highest BCUT2D eigenvalue weighted by molar-refractivity contribution is 7.92. The normalized spacial score (nSPS) is 14.3. The summed E-state index contributed by atoms with van der Waals surface area (Å²) in [5.74, 6) is -2.06. The number of nitrogens with zero attached hydrogens (tertiary/aromatic N) is 1. The van der Waals surface area contributed by atoms with E-state index in [4.69, 9.17) is 9.47 Å². The summed E-state index contributed by atoms with van der Waals surface area (Å²) in [4.78, 5) is 12.6. The van der Waals surface area contributed by atoms with Gasteiger partial charge in [-0.2, -0.15) is 0 Å². The van der Waals surface area contributed by atoms with Crippen molar-refractivity contribution in [3.05, 3.63) is 48.0 Å². The fourth-order valence-corrected chi connectivity index (χ4v) is 3.97. The Hall–Kier alpha value is -2.88. The van der Waals surface area contributed by atoms with E-state index in [1.807, 2.05) is 0 Å². The van der Waals surface area contributed by atoms with Gasteiger partial charge in [0.15, 0.2) is 23.1 Å². The molecule has 0 fully saturated rings. The second kappa shape index (κ2) is 7.63. The summed E-state index contributed by atoms with van der Waals surface area (Å²) in [6, 6.07) is 6.21. The molecule has 1 aliphatic heterocycles. The van der Waals surface area contributed by atoms with Crippen molar-refractivity contribution in [1.82, 2.24) is 0 Å². The molecule has 0 aliphatic carbocycles. The topological polar surface area (TPSA) is 84.9 Å². The Bertz CT molecular complexity index is 1010. The largest absolute Gasteiger partial charge is 0.486 e. The molecule has 0 saturated heterocycles. The van der Waals surface area contributed by atoms with Crippen LogP contribution in [0, 0.1) is 11.6 Å². The summed E-state index contributed by atoms with van der Waals surface area (Å²) in [5, 5.41) is 2.39. The molecule has 3 rings (SSSR count). The van der Waals surface area contributed by atoms with Crippen molar-refractivity contribution in [3.63, 3.8) is 0 Å². The van der Waals surface area contributed by atoms with Crippen molar-refractivity contribution in [2.45, 2.75) is 13.0 Å². The highest BCUT2D eigenvalue weighted by Gasteiger charge is 2.30. The van der Waals surface area contributed by atoms with E-state index in [1.54, 1.807) is 6.07 Å². The maximum absolute atomic E-state index is 13.3. The number of sulfonamides is 1. The van der Waals surface area contributed by atoms with Crippen LogP contribution in [0.4, 0.5) is 20.2 Å². The zero-order chi connectivity index (χ0) is 20.5. The lowest BCUT2D eigenvalue weighted by atomic mass is 10.2. The Morgan fingerprint density at radius 1 is 1.07 bits per heavy atom. The standard InChI is InChI=1S/C18H18F2N2O5S/c1-11(18(23)21-12-3-5-14(19)15(20)9-12)22(28(2,24)25)13-4-6-16-17(10-13)27-8-7-26-16/h3-6,9-11H,7-8H2,1-2H3,(H,21,23). The minimum atomic E-state index is -3.85. The lowest BCUT2D eigenvalue weighted by molar-refractivity contribution is -0.116. The SMILES string of the molecule is CC(C(=O)Nc1ccc(F)c(F)c1)N(c1ccc2c(c1)OCCO2)S(C)(=O)=O. The number of hydrogen-bond donors (Lipinski definition) is 1. The van der Waals surface area contributed by atoms with Gasteiger partial charge in [0.25, 0.3) is 0 Å². The predicted octanol–water partition coefficient (Wildman–Crippen LogP) is 2.53. The van der Waals surface area contributed by atoms with Crippen molar-refractivity contribution in [1.29, 1.82) is 0 Å². The molecule has 7 nitrogen and oxygen atoms in total. The second-order valence-corrected chi connectivity index (χ2v) is 8.04. The first-order valence-electron chi connectivity index (χ1n) is 8.32. The molecule has 1 heterocycles. The van der Waals surface area contributed by atoms with E-state index < -0.39 is 33.6 Å². The molecule has 0 aromatic heterocycles. The van der Waals surface area contributed by atoms with Crippen LogP contribution in [-0.4, -0.2) is 39.8 Å². The van der Waals surface area contributed by atoms with Crippen LogP contribution in [0.5, 0.6) is 11.5 Å². The van der Waals surface area contributed by atoms with Gasteiger partial charge in [0.1, 0.15) is 19.3 Å². The van der Waals surface area contributed by atoms with Crippen LogP contribution in [-0.2, 0) is 14.8 Å². The highest BCUT2D eigenvalue weighted by Crippen LogP contribution is 2.35. The number of fused-ring (bicyclic) bond motifs is 1. The number of carbonyl (C=O) groups excluding carboxylic acids is 1. The van der Waals surface area contributed by atoms with Gasteiger partial charge < -0.3 is 14.8 Å². The third-order valence-corrected chi connectivity index (χ3v) is 5.30. The first-order valence-corrected chi connectivity index (χ1v) is 10.2. The van der Waals surface area contributed by atoms with Gasteiger partial charge >= 0.3 is 0 Å². The molecule has 2 aromatic rings. The second-order valence-electron chi connectivity index (χ2n) is 6.18. The average molecular weight is 412 g/mol. The van der Waals surface area contributed by atoms with Gasteiger partial charge in [-0.3, -0.25) is 9.10 Å². The van der Waals surface area contributed by atoms with Crippen LogP contribution >= 0.6 is 0 Å². The summed E-state index contributed by atoms with van der Waals surface area (Å²) in [6.45, 7) is 2.09. The number of anilines is 2. The number of amides is 1. The first-order chi connectivity index (χ1) is 13.2. The fraction of sp³-hybridized carbons (Fsp3) is 0.278. The Balaban J connectivity index is 1.89. The zero-order valence-corrected chi connectivity index (χ0v) is 15.9. The number of benzene rings is 2. The number of ether oxygens (including phenoxy) is 2. The molecular weight excluding hydrogens is 394 g/mol. The van der Waals surface area contributed by atoms with E-state index in [2.05, 4.69) is 5.32 Å². The maximum atomic E-state index is 13.3. The van der Waals surface area contributed by atoms with Gasteiger partial charge in [0.05, 0.1) is 11.9 Å². The number of nitrogens with one attached hydrogen (secondary N) is 1. The molecule has 0 saturated carbocycles. The van der Waals surface area contributed by atoms with Gasteiger partial charge in [-0.05, 0) is 31.2 Å². The van der Waals surface area contributed by atoms with Crippen molar-refractivity contribution in [2.75, 3.05) is 29.1 Å². The molecule has 150 valence electrons. The molecule has 2 aromatic carbocycles. The van der Waals surface area contributed by atoms with Crippen molar-refractivity contribution in [2.24, 2.45) is 0 Å². The van der Waals surface area contributed by atoms with Gasteiger partial charge in [-0.25, -0.2) is 17.2 Å². The molecule has 1 N–H and O–H groups in total. The highest BCUT2D eigenvalue weighted by atomic mass is 32.2. The predicted molar refractivity (Wildman–Crippen MR) is 99.2 cm³/mol. The molecule has 1 amide bonds. The molecular formula is C18H18F2N2O5S. The van der Waals surface area contributed by atoms with Crippen LogP contribution in [0.15, 0.2) is 36.4 Å². The van der Waals surface area contributed by atoms with Gasteiger partial charge in [-0.15, -0.1) is 0 Å². The van der Waals surface area contributed by atoms with E-state index >= 15 is 0 Å². The molecule has 1 unspecified atom stereocenters. The third kappa shape index (κ3) is 4.16. The van der Waals surface area contributed by atoms with Gasteiger partial charge in [0.2, 0.25) is 15.9 Å². The van der Waals surface area contributed by atoms with Gasteiger partial charge in [-0.1, -0.05) is 0 Å². The molecule has 28 heavy (non-hydrogen) atoms. The Kier molecular flexibility index (Phi) is 5.41. The minimum absolute atomic E-state index is 0.00590. The Labute approximate surface area is 160 Å². The van der Waals surface area contributed by atoms with Crippen LogP contribution in [0.3, 0.4) is 0 Å². The van der Waals surface area contributed by atoms with Crippen LogP contribution < -0.4 is 19.1 Å². The fourth-order valence-electron chi connectivity index (χ4n) is 2.80.